The van der Waals surface area contributed by atoms with Crippen LogP contribution in [0, 0.1) is 5.92 Å². The molecule has 0 aliphatic carbocycles. The lowest BCUT2D eigenvalue weighted by Crippen LogP contribution is -2.30. The van der Waals surface area contributed by atoms with Crippen LogP contribution in [0.5, 0.6) is 0 Å². The Labute approximate surface area is 116 Å². The molecule has 0 saturated heterocycles. The Kier molecular flexibility index (Phi) is 7.01. The molecular weight excluding hydrogens is 238 g/mol. The molecule has 0 aromatic heterocycles. The number of hydrogen-bond acceptors (Lipinski definition) is 2. The second-order valence-corrected chi connectivity index (χ2v) is 4.96. The van der Waals surface area contributed by atoms with Gasteiger partial charge in [0.05, 0.1) is 0 Å². The van der Waals surface area contributed by atoms with E-state index in [1.54, 1.807) is 0 Å². The first-order valence-corrected chi connectivity index (χ1v) is 7.19. The molecule has 0 spiro atoms. The fourth-order valence-corrected chi connectivity index (χ4v) is 2.24. The van der Waals surface area contributed by atoms with Crippen molar-refractivity contribution in [1.82, 2.24) is 0 Å². The monoisotopic (exact) mass is 263 g/mol. The molecule has 106 valence electrons. The predicted molar refractivity (Wildman–Crippen MR) is 79.6 cm³/mol. The summed E-state index contributed by atoms with van der Waals surface area (Å²) in [6, 6.07) is 10.3. The highest BCUT2D eigenvalue weighted by atomic mass is 16.4. The van der Waals surface area contributed by atoms with E-state index < -0.39 is 5.97 Å². The summed E-state index contributed by atoms with van der Waals surface area (Å²) in [7, 11) is 0. The van der Waals surface area contributed by atoms with Crippen LogP contribution in [0.4, 0.5) is 5.69 Å². The molecule has 19 heavy (non-hydrogen) atoms. The second-order valence-electron chi connectivity index (χ2n) is 4.96. The van der Waals surface area contributed by atoms with Crippen LogP contribution in [-0.2, 0) is 4.79 Å². The van der Waals surface area contributed by atoms with Gasteiger partial charge in [0.15, 0.2) is 0 Å². The van der Waals surface area contributed by atoms with Crippen molar-refractivity contribution in [2.24, 2.45) is 5.92 Å². The number of hydrogen-bond donors (Lipinski definition) is 1. The highest BCUT2D eigenvalue weighted by molar-refractivity contribution is 5.66. The summed E-state index contributed by atoms with van der Waals surface area (Å²) < 4.78 is 0. The maximum atomic E-state index is 10.6. The fourth-order valence-electron chi connectivity index (χ4n) is 2.24. The first kappa shape index (κ1) is 15.5. The van der Waals surface area contributed by atoms with E-state index in [0.29, 0.717) is 12.3 Å². The Morgan fingerprint density at radius 2 is 1.84 bits per heavy atom. The van der Waals surface area contributed by atoms with E-state index >= 15 is 0 Å². The molecule has 3 nitrogen and oxygen atoms in total. The summed E-state index contributed by atoms with van der Waals surface area (Å²) >= 11 is 0. The van der Waals surface area contributed by atoms with Gasteiger partial charge in [0, 0.05) is 25.2 Å². The zero-order valence-corrected chi connectivity index (χ0v) is 12.0. The molecule has 0 heterocycles. The molecule has 0 fully saturated rings. The molecular formula is C16H25NO2. The Morgan fingerprint density at radius 3 is 2.37 bits per heavy atom. The summed E-state index contributed by atoms with van der Waals surface area (Å²) in [6.07, 6.45) is 3.27. The van der Waals surface area contributed by atoms with Gasteiger partial charge in [-0.2, -0.15) is 0 Å². The average molecular weight is 263 g/mol. The summed E-state index contributed by atoms with van der Waals surface area (Å²) in [5.41, 5.74) is 1.19. The first-order chi connectivity index (χ1) is 9.17. The molecule has 1 aromatic rings. The number of anilines is 1. The van der Waals surface area contributed by atoms with Gasteiger partial charge in [0.25, 0.3) is 0 Å². The normalized spacial score (nSPS) is 10.7. The summed E-state index contributed by atoms with van der Waals surface area (Å²) in [6.45, 7) is 6.26. The number of carboxylic acid groups (broad SMARTS) is 1. The molecule has 1 aromatic carbocycles. The molecule has 0 aliphatic heterocycles. The third kappa shape index (κ3) is 5.77. The number of rotatable bonds is 9. The van der Waals surface area contributed by atoms with E-state index in [0.717, 1.165) is 13.1 Å². The molecule has 0 bridgehead atoms. The van der Waals surface area contributed by atoms with Crippen LogP contribution in [0.25, 0.3) is 0 Å². The van der Waals surface area contributed by atoms with Crippen molar-refractivity contribution in [3.05, 3.63) is 30.3 Å². The van der Waals surface area contributed by atoms with Crippen molar-refractivity contribution < 1.29 is 9.90 Å². The van der Waals surface area contributed by atoms with Crippen molar-refractivity contribution in [2.45, 2.75) is 39.5 Å². The van der Waals surface area contributed by atoms with Crippen molar-refractivity contribution in [3.63, 3.8) is 0 Å². The molecule has 3 heteroatoms. The van der Waals surface area contributed by atoms with Crippen LogP contribution in [0.3, 0.4) is 0 Å². The first-order valence-electron chi connectivity index (χ1n) is 7.19. The number of benzene rings is 1. The maximum absolute atomic E-state index is 10.6. The van der Waals surface area contributed by atoms with E-state index in [-0.39, 0.29) is 6.42 Å². The smallest absolute Gasteiger partial charge is 0.303 e. The standard InChI is InChI=1S/C16H25NO2/c1-3-14(4-2)13-17(12-8-11-16(18)19)15-9-6-5-7-10-15/h5-7,9-10,14H,3-4,8,11-13H2,1-2H3,(H,18,19). The van der Waals surface area contributed by atoms with E-state index in [9.17, 15) is 4.79 Å². The maximum Gasteiger partial charge on any atom is 0.303 e. The molecule has 1 rings (SSSR count). The highest BCUT2D eigenvalue weighted by Crippen LogP contribution is 2.18. The molecule has 0 amide bonds. The van der Waals surface area contributed by atoms with Crippen LogP contribution >= 0.6 is 0 Å². The second kappa shape index (κ2) is 8.57. The molecule has 1 N–H and O–H groups in total. The van der Waals surface area contributed by atoms with Crippen molar-refractivity contribution >= 4 is 11.7 Å². The van der Waals surface area contributed by atoms with Crippen molar-refractivity contribution in [2.75, 3.05) is 18.0 Å². The largest absolute Gasteiger partial charge is 0.481 e. The van der Waals surface area contributed by atoms with Gasteiger partial charge in [-0.1, -0.05) is 44.9 Å². The topological polar surface area (TPSA) is 40.5 Å². The van der Waals surface area contributed by atoms with E-state index in [1.807, 2.05) is 18.2 Å². The Bertz CT molecular complexity index is 360. The number of carbonyl (C=O) groups is 1. The molecule has 0 saturated carbocycles. The lowest BCUT2D eigenvalue weighted by Gasteiger charge is -2.28. The van der Waals surface area contributed by atoms with Gasteiger partial charge in [-0.3, -0.25) is 4.79 Å². The minimum absolute atomic E-state index is 0.242. The lowest BCUT2D eigenvalue weighted by molar-refractivity contribution is -0.137. The highest BCUT2D eigenvalue weighted by Gasteiger charge is 2.12. The van der Waals surface area contributed by atoms with Crippen LogP contribution in [0.15, 0.2) is 30.3 Å². The molecule has 0 aliphatic rings. The van der Waals surface area contributed by atoms with Gasteiger partial charge < -0.3 is 10.0 Å². The number of aliphatic carboxylic acids is 1. The molecule has 0 radical (unpaired) electrons. The minimum Gasteiger partial charge on any atom is -0.481 e. The van der Waals surface area contributed by atoms with Gasteiger partial charge in [0.1, 0.15) is 0 Å². The average Bonchev–Trinajstić information content (AvgIpc) is 2.43. The zero-order valence-electron chi connectivity index (χ0n) is 12.0. The van der Waals surface area contributed by atoms with Gasteiger partial charge in [-0.25, -0.2) is 0 Å². The van der Waals surface area contributed by atoms with E-state index in [2.05, 4.69) is 30.9 Å². The Morgan fingerprint density at radius 1 is 1.21 bits per heavy atom. The van der Waals surface area contributed by atoms with Crippen LogP contribution < -0.4 is 4.90 Å². The van der Waals surface area contributed by atoms with Crippen LogP contribution in [-0.4, -0.2) is 24.2 Å². The summed E-state index contributed by atoms with van der Waals surface area (Å²) in [5, 5.41) is 8.75. The molecule has 0 atom stereocenters. The van der Waals surface area contributed by atoms with Gasteiger partial charge in [-0.15, -0.1) is 0 Å². The third-order valence-electron chi connectivity index (χ3n) is 3.57. The minimum atomic E-state index is -0.712. The number of carboxylic acids is 1. The predicted octanol–water partition coefficient (Wildman–Crippen LogP) is 3.79. The van der Waals surface area contributed by atoms with Crippen molar-refractivity contribution in [3.8, 4) is 0 Å². The molecule has 0 unspecified atom stereocenters. The fraction of sp³-hybridized carbons (Fsp3) is 0.562. The van der Waals surface area contributed by atoms with Gasteiger partial charge in [0.2, 0.25) is 0 Å². The SMILES string of the molecule is CCC(CC)CN(CCCC(=O)O)c1ccccc1. The quantitative estimate of drug-likeness (QED) is 0.737. The van der Waals surface area contributed by atoms with Crippen LogP contribution in [0.1, 0.15) is 39.5 Å². The zero-order chi connectivity index (χ0) is 14.1. The number of nitrogens with zero attached hydrogens (tertiary/aromatic N) is 1. The van der Waals surface area contributed by atoms with E-state index in [1.165, 1.54) is 18.5 Å². The third-order valence-corrected chi connectivity index (χ3v) is 3.57. The summed E-state index contributed by atoms with van der Waals surface area (Å²) in [5.74, 6) is -0.0411. The number of para-hydroxylation sites is 1. The Hall–Kier alpha value is -1.51. The summed E-state index contributed by atoms with van der Waals surface area (Å²) in [4.78, 5) is 13.0. The van der Waals surface area contributed by atoms with E-state index in [4.69, 9.17) is 5.11 Å². The lowest BCUT2D eigenvalue weighted by atomic mass is 10.0. The Balaban J connectivity index is 2.65. The van der Waals surface area contributed by atoms with Gasteiger partial charge >= 0.3 is 5.97 Å². The van der Waals surface area contributed by atoms with Crippen LogP contribution in [0.2, 0.25) is 0 Å². The van der Waals surface area contributed by atoms with Gasteiger partial charge in [-0.05, 0) is 24.5 Å². The van der Waals surface area contributed by atoms with Crippen molar-refractivity contribution in [1.29, 1.82) is 0 Å².